The molecule has 7 nitrogen and oxygen atoms in total. The third kappa shape index (κ3) is 4.48. The summed E-state index contributed by atoms with van der Waals surface area (Å²) in [5.41, 5.74) is 3.82. The molecule has 0 aliphatic heterocycles. The molecule has 0 unspecified atom stereocenters. The summed E-state index contributed by atoms with van der Waals surface area (Å²) in [7, 11) is 0. The molecule has 1 heterocycles. The van der Waals surface area contributed by atoms with Gasteiger partial charge in [0.1, 0.15) is 16.8 Å². The van der Waals surface area contributed by atoms with Gasteiger partial charge in [-0.3, -0.25) is 4.90 Å². The summed E-state index contributed by atoms with van der Waals surface area (Å²) in [6, 6.07) is 13.4. The maximum Gasteiger partial charge on any atom is 0.408 e. The Morgan fingerprint density at radius 3 is 2.71 bits per heavy atom. The summed E-state index contributed by atoms with van der Waals surface area (Å²) >= 11 is 1.28. The summed E-state index contributed by atoms with van der Waals surface area (Å²) < 4.78 is 10.3. The minimum Gasteiger partial charge on any atom is -0.490 e. The van der Waals surface area contributed by atoms with Crippen molar-refractivity contribution in [2.24, 2.45) is 0 Å². The summed E-state index contributed by atoms with van der Waals surface area (Å²) in [5, 5.41) is 20.2. The van der Waals surface area contributed by atoms with E-state index in [1.807, 2.05) is 58.9 Å². The van der Waals surface area contributed by atoms with Crippen molar-refractivity contribution >= 4 is 17.6 Å². The lowest BCUT2D eigenvalue weighted by Crippen LogP contribution is -2.46. The van der Waals surface area contributed by atoms with Gasteiger partial charge in [0.25, 0.3) is 0 Å². The highest BCUT2D eigenvalue weighted by Crippen LogP contribution is 2.43. The SMILES string of the molecule is CC(C)Oc1ccc(-c2nc(-c3cccc4c3CC[C@@H]4N(C(=O)O)C(C)(C)C)ns2)cc1C#N. The number of amides is 1. The number of hydrogen-bond donors (Lipinski definition) is 1. The second-order valence-corrected chi connectivity index (χ2v) is 10.4. The summed E-state index contributed by atoms with van der Waals surface area (Å²) in [5.74, 6) is 1.18. The zero-order chi connectivity index (χ0) is 24.6. The normalized spacial score (nSPS) is 15.1. The van der Waals surface area contributed by atoms with Crippen LogP contribution in [0.4, 0.5) is 4.79 Å². The second kappa shape index (κ2) is 9.07. The highest BCUT2D eigenvalue weighted by Gasteiger charge is 2.38. The van der Waals surface area contributed by atoms with Crippen LogP contribution >= 0.6 is 11.5 Å². The van der Waals surface area contributed by atoms with Crippen LogP contribution in [-0.2, 0) is 6.42 Å². The standard InChI is InChI=1S/C26H28N4O3S/c1-15(2)33-22-12-9-16(13-17(22)14-27)24-28-23(29-34-24)20-8-6-7-19-18(20)10-11-21(19)30(25(31)32)26(3,4)5/h6-9,12-13,15,21H,10-11H2,1-5H3,(H,31,32)/t21-/m0/s1. The largest absolute Gasteiger partial charge is 0.490 e. The Labute approximate surface area is 203 Å². The van der Waals surface area contributed by atoms with Gasteiger partial charge in [0.2, 0.25) is 0 Å². The van der Waals surface area contributed by atoms with Gasteiger partial charge < -0.3 is 9.84 Å². The van der Waals surface area contributed by atoms with Crippen molar-refractivity contribution < 1.29 is 14.6 Å². The smallest absolute Gasteiger partial charge is 0.408 e. The molecule has 34 heavy (non-hydrogen) atoms. The molecular weight excluding hydrogens is 448 g/mol. The zero-order valence-corrected chi connectivity index (χ0v) is 20.8. The van der Waals surface area contributed by atoms with E-state index in [-0.39, 0.29) is 12.1 Å². The van der Waals surface area contributed by atoms with Crippen molar-refractivity contribution in [3.8, 4) is 33.8 Å². The Hall–Kier alpha value is -3.44. The average Bonchev–Trinajstić information content (AvgIpc) is 3.40. The van der Waals surface area contributed by atoms with Crippen LogP contribution < -0.4 is 4.74 Å². The van der Waals surface area contributed by atoms with Crippen molar-refractivity contribution in [2.75, 3.05) is 0 Å². The van der Waals surface area contributed by atoms with Crippen molar-refractivity contribution in [1.29, 1.82) is 5.26 Å². The molecule has 176 valence electrons. The van der Waals surface area contributed by atoms with Crippen molar-refractivity contribution in [2.45, 2.75) is 65.1 Å². The van der Waals surface area contributed by atoms with Gasteiger partial charge in [0.05, 0.1) is 17.7 Å². The first kappa shape index (κ1) is 23.7. The van der Waals surface area contributed by atoms with Gasteiger partial charge in [-0.25, -0.2) is 9.78 Å². The fourth-order valence-electron chi connectivity index (χ4n) is 4.56. The molecule has 0 bridgehead atoms. The number of rotatable bonds is 5. The van der Waals surface area contributed by atoms with E-state index in [1.165, 1.54) is 11.5 Å². The van der Waals surface area contributed by atoms with Crippen LogP contribution in [0.5, 0.6) is 5.75 Å². The number of nitriles is 1. The molecule has 8 heteroatoms. The molecule has 4 rings (SSSR count). The molecule has 2 aromatic carbocycles. The number of ether oxygens (including phenoxy) is 1. The molecule has 1 aromatic heterocycles. The molecule has 1 aliphatic rings. The highest BCUT2D eigenvalue weighted by molar-refractivity contribution is 7.09. The Balaban J connectivity index is 1.68. The summed E-state index contributed by atoms with van der Waals surface area (Å²) in [4.78, 5) is 18.4. The number of carbonyl (C=O) groups is 1. The van der Waals surface area contributed by atoms with Crippen LogP contribution in [0.3, 0.4) is 0 Å². The molecule has 0 spiro atoms. The number of carboxylic acid groups (broad SMARTS) is 1. The van der Waals surface area contributed by atoms with Gasteiger partial charge in [0, 0.05) is 16.7 Å². The Morgan fingerprint density at radius 1 is 1.29 bits per heavy atom. The number of hydrogen-bond acceptors (Lipinski definition) is 6. The van der Waals surface area contributed by atoms with Crippen LogP contribution in [0, 0.1) is 11.3 Å². The van der Waals surface area contributed by atoms with Crippen LogP contribution in [-0.4, -0.2) is 37.1 Å². The molecule has 3 aromatic rings. The Bertz CT molecular complexity index is 1270. The molecular formula is C26H28N4O3S. The quantitative estimate of drug-likeness (QED) is 0.464. The monoisotopic (exact) mass is 476 g/mol. The molecule has 0 fully saturated rings. The first-order valence-electron chi connectivity index (χ1n) is 11.3. The number of nitrogens with zero attached hydrogens (tertiary/aromatic N) is 4. The van der Waals surface area contributed by atoms with Crippen LogP contribution in [0.15, 0.2) is 36.4 Å². The van der Waals surface area contributed by atoms with E-state index < -0.39 is 11.6 Å². The van der Waals surface area contributed by atoms with E-state index in [0.29, 0.717) is 17.1 Å². The first-order valence-corrected chi connectivity index (χ1v) is 12.1. The second-order valence-electron chi connectivity index (χ2n) is 9.66. The van der Waals surface area contributed by atoms with Gasteiger partial charge in [-0.1, -0.05) is 18.2 Å². The maximum absolute atomic E-state index is 12.1. The molecule has 1 atom stereocenters. The molecule has 1 amide bonds. The number of aromatic nitrogens is 2. The van der Waals surface area contributed by atoms with E-state index in [0.717, 1.165) is 40.1 Å². The third-order valence-corrected chi connectivity index (χ3v) is 6.62. The zero-order valence-electron chi connectivity index (χ0n) is 20.0. The van der Waals surface area contributed by atoms with E-state index in [4.69, 9.17) is 9.72 Å². The van der Waals surface area contributed by atoms with Crippen LogP contribution in [0.25, 0.3) is 22.0 Å². The van der Waals surface area contributed by atoms with Crippen molar-refractivity contribution in [3.63, 3.8) is 0 Å². The Morgan fingerprint density at radius 2 is 2.06 bits per heavy atom. The van der Waals surface area contributed by atoms with Crippen LogP contribution in [0.2, 0.25) is 0 Å². The lowest BCUT2D eigenvalue weighted by Gasteiger charge is -2.38. The predicted octanol–water partition coefficient (Wildman–Crippen LogP) is 6.30. The number of fused-ring (bicyclic) bond motifs is 1. The van der Waals surface area contributed by atoms with Gasteiger partial charge in [-0.15, -0.1) is 0 Å². The molecule has 1 aliphatic carbocycles. The third-order valence-electron chi connectivity index (χ3n) is 5.86. The lowest BCUT2D eigenvalue weighted by molar-refractivity contribution is 0.0701. The first-order chi connectivity index (χ1) is 16.1. The molecule has 1 N–H and O–H groups in total. The Kier molecular flexibility index (Phi) is 6.32. The highest BCUT2D eigenvalue weighted by atomic mass is 32.1. The fourth-order valence-corrected chi connectivity index (χ4v) is 5.23. The van der Waals surface area contributed by atoms with Gasteiger partial charge in [-0.2, -0.15) is 9.64 Å². The molecule has 0 saturated heterocycles. The molecule has 0 radical (unpaired) electrons. The lowest BCUT2D eigenvalue weighted by atomic mass is 9.98. The summed E-state index contributed by atoms with van der Waals surface area (Å²) in [6.07, 6.45) is 0.564. The maximum atomic E-state index is 12.1. The minimum atomic E-state index is -0.914. The van der Waals surface area contributed by atoms with E-state index in [9.17, 15) is 15.2 Å². The average molecular weight is 477 g/mol. The van der Waals surface area contributed by atoms with Gasteiger partial charge in [-0.05, 0) is 88.3 Å². The van der Waals surface area contributed by atoms with E-state index >= 15 is 0 Å². The minimum absolute atomic E-state index is 0.0228. The molecule has 0 saturated carbocycles. The van der Waals surface area contributed by atoms with E-state index in [2.05, 4.69) is 10.4 Å². The van der Waals surface area contributed by atoms with Crippen LogP contribution in [0.1, 0.15) is 63.8 Å². The topological polar surface area (TPSA) is 99.3 Å². The summed E-state index contributed by atoms with van der Waals surface area (Å²) in [6.45, 7) is 9.61. The number of benzene rings is 2. The predicted molar refractivity (Wildman–Crippen MR) is 132 cm³/mol. The van der Waals surface area contributed by atoms with Gasteiger partial charge >= 0.3 is 6.09 Å². The van der Waals surface area contributed by atoms with Crippen molar-refractivity contribution in [3.05, 3.63) is 53.1 Å². The van der Waals surface area contributed by atoms with Crippen molar-refractivity contribution in [1.82, 2.24) is 14.3 Å². The van der Waals surface area contributed by atoms with E-state index in [1.54, 1.807) is 17.0 Å². The fraction of sp³-hybridized carbons (Fsp3) is 0.385. The van der Waals surface area contributed by atoms with Gasteiger partial charge in [0.15, 0.2) is 5.82 Å².